The monoisotopic (exact) mass is 308 g/mol. The summed E-state index contributed by atoms with van der Waals surface area (Å²) in [5.74, 6) is -2.45. The summed E-state index contributed by atoms with van der Waals surface area (Å²) in [6.45, 7) is 1.33. The molecule has 0 aliphatic heterocycles. The Labute approximate surface area is 134 Å². The Hall–Kier alpha value is -2.88. The summed E-state index contributed by atoms with van der Waals surface area (Å²) in [6, 6.07) is 16.3. The lowest BCUT2D eigenvalue weighted by atomic mass is 9.70. The lowest BCUT2D eigenvalue weighted by Crippen LogP contribution is -2.42. The molecule has 4 heteroatoms. The van der Waals surface area contributed by atoms with E-state index in [0.717, 1.165) is 0 Å². The molecule has 0 saturated heterocycles. The van der Waals surface area contributed by atoms with E-state index in [9.17, 15) is 19.2 Å². The summed E-state index contributed by atoms with van der Waals surface area (Å²) >= 11 is 0. The number of benzene rings is 2. The summed E-state index contributed by atoms with van der Waals surface area (Å²) in [4.78, 5) is 48.4. The van der Waals surface area contributed by atoms with Crippen molar-refractivity contribution in [3.8, 4) is 0 Å². The molecule has 2 unspecified atom stereocenters. The average Bonchev–Trinajstić information content (AvgIpc) is 2.62. The highest BCUT2D eigenvalue weighted by Crippen LogP contribution is 2.31. The number of Topliss-reactive ketones (excluding diaryl/α,β-unsaturated/α-hetero) is 2. The van der Waals surface area contributed by atoms with Gasteiger partial charge in [0.2, 0.25) is 0 Å². The van der Waals surface area contributed by atoms with Gasteiger partial charge >= 0.3 is 0 Å². The van der Waals surface area contributed by atoms with Gasteiger partial charge < -0.3 is 9.59 Å². The van der Waals surface area contributed by atoms with Crippen LogP contribution in [-0.2, 0) is 9.59 Å². The lowest BCUT2D eigenvalue weighted by Gasteiger charge is -2.26. The fourth-order valence-electron chi connectivity index (χ4n) is 2.43. The number of carbonyl (C=O) groups excluding carboxylic acids is 4. The average molecular weight is 308 g/mol. The molecule has 0 spiro atoms. The maximum absolute atomic E-state index is 12.7. The van der Waals surface area contributed by atoms with Gasteiger partial charge in [-0.2, -0.15) is 0 Å². The van der Waals surface area contributed by atoms with Crippen LogP contribution in [0.4, 0.5) is 0 Å². The van der Waals surface area contributed by atoms with Crippen LogP contribution in [0.25, 0.3) is 0 Å². The molecule has 2 aromatic rings. The molecule has 0 bridgehead atoms. The summed E-state index contributed by atoms with van der Waals surface area (Å²) in [5.41, 5.74) is -1.16. The molecule has 116 valence electrons. The number of hydrogen-bond donors (Lipinski definition) is 0. The SMILES string of the molecule is CC(C=O)(C(=O)c1ccccc1)C(C=O)C(=O)c1ccccc1. The third kappa shape index (κ3) is 3.16. The summed E-state index contributed by atoms with van der Waals surface area (Å²) in [6.07, 6.45) is 0.771. The number of carbonyl (C=O) groups is 4. The summed E-state index contributed by atoms with van der Waals surface area (Å²) in [5, 5.41) is 0. The highest BCUT2D eigenvalue weighted by molar-refractivity contribution is 6.17. The van der Waals surface area contributed by atoms with Crippen molar-refractivity contribution in [2.45, 2.75) is 6.92 Å². The van der Waals surface area contributed by atoms with Crippen molar-refractivity contribution in [2.75, 3.05) is 0 Å². The third-order valence-electron chi connectivity index (χ3n) is 3.89. The van der Waals surface area contributed by atoms with E-state index in [4.69, 9.17) is 0 Å². The van der Waals surface area contributed by atoms with Crippen LogP contribution in [0.1, 0.15) is 27.6 Å². The van der Waals surface area contributed by atoms with Crippen LogP contribution in [0.3, 0.4) is 0 Å². The summed E-state index contributed by atoms with van der Waals surface area (Å²) < 4.78 is 0. The first-order valence-electron chi connectivity index (χ1n) is 7.15. The van der Waals surface area contributed by atoms with Crippen molar-refractivity contribution in [1.29, 1.82) is 0 Å². The van der Waals surface area contributed by atoms with E-state index in [2.05, 4.69) is 0 Å². The highest BCUT2D eigenvalue weighted by atomic mass is 16.2. The van der Waals surface area contributed by atoms with E-state index >= 15 is 0 Å². The van der Waals surface area contributed by atoms with E-state index in [-0.39, 0.29) is 5.56 Å². The van der Waals surface area contributed by atoms with Crippen molar-refractivity contribution < 1.29 is 19.2 Å². The Morgan fingerprint density at radius 1 is 0.870 bits per heavy atom. The van der Waals surface area contributed by atoms with Gasteiger partial charge in [0.05, 0.1) is 5.92 Å². The van der Waals surface area contributed by atoms with E-state index in [1.807, 2.05) is 0 Å². The molecule has 4 nitrogen and oxygen atoms in total. The minimum atomic E-state index is -1.74. The van der Waals surface area contributed by atoms with Crippen molar-refractivity contribution in [3.63, 3.8) is 0 Å². The van der Waals surface area contributed by atoms with Gasteiger partial charge in [0.25, 0.3) is 0 Å². The minimum Gasteiger partial charge on any atom is -0.303 e. The normalized spacial score (nSPS) is 14.3. The van der Waals surface area contributed by atoms with Crippen LogP contribution in [0.2, 0.25) is 0 Å². The molecule has 0 N–H and O–H groups in total. The third-order valence-corrected chi connectivity index (χ3v) is 3.89. The maximum atomic E-state index is 12.7. The Bertz CT molecular complexity index is 722. The highest BCUT2D eigenvalue weighted by Gasteiger charge is 2.45. The topological polar surface area (TPSA) is 68.3 Å². The van der Waals surface area contributed by atoms with Crippen LogP contribution in [0, 0.1) is 11.3 Å². The van der Waals surface area contributed by atoms with Crippen molar-refractivity contribution >= 4 is 24.1 Å². The van der Waals surface area contributed by atoms with Gasteiger partial charge in [0.15, 0.2) is 11.6 Å². The first-order valence-corrected chi connectivity index (χ1v) is 7.15. The first kappa shape index (κ1) is 16.5. The molecule has 0 heterocycles. The second-order valence-corrected chi connectivity index (χ2v) is 5.44. The molecule has 0 fully saturated rings. The second kappa shape index (κ2) is 6.92. The standard InChI is InChI=1S/C19H16O4/c1-19(13-21,18(23)15-10-6-3-7-11-15)16(12-20)17(22)14-8-4-2-5-9-14/h2-13,16H,1H3. The van der Waals surface area contributed by atoms with Crippen molar-refractivity contribution in [2.24, 2.45) is 11.3 Å². The van der Waals surface area contributed by atoms with Gasteiger partial charge in [0.1, 0.15) is 18.0 Å². The zero-order valence-corrected chi connectivity index (χ0v) is 12.6. The minimum absolute atomic E-state index is 0.287. The Kier molecular flexibility index (Phi) is 4.96. The van der Waals surface area contributed by atoms with E-state index in [0.29, 0.717) is 18.1 Å². The molecule has 2 atom stereocenters. The second-order valence-electron chi connectivity index (χ2n) is 5.44. The zero-order chi connectivity index (χ0) is 16.9. The van der Waals surface area contributed by atoms with Crippen LogP contribution in [-0.4, -0.2) is 24.1 Å². The fourth-order valence-corrected chi connectivity index (χ4v) is 2.43. The first-order chi connectivity index (χ1) is 11.0. The van der Waals surface area contributed by atoms with E-state index in [1.54, 1.807) is 60.7 Å². The van der Waals surface area contributed by atoms with Gasteiger partial charge in [-0.15, -0.1) is 0 Å². The Morgan fingerprint density at radius 3 is 1.78 bits per heavy atom. The Balaban J connectivity index is 2.44. The largest absolute Gasteiger partial charge is 0.303 e. The van der Waals surface area contributed by atoms with E-state index in [1.165, 1.54) is 6.92 Å². The smallest absolute Gasteiger partial charge is 0.177 e. The lowest BCUT2D eigenvalue weighted by molar-refractivity contribution is -0.120. The van der Waals surface area contributed by atoms with E-state index < -0.39 is 22.9 Å². The van der Waals surface area contributed by atoms with Gasteiger partial charge in [0, 0.05) is 11.1 Å². The maximum Gasteiger partial charge on any atom is 0.177 e. The molecule has 23 heavy (non-hydrogen) atoms. The Morgan fingerprint density at radius 2 is 1.35 bits per heavy atom. The summed E-state index contributed by atoms with van der Waals surface area (Å²) in [7, 11) is 0. The van der Waals surface area contributed by atoms with Crippen molar-refractivity contribution in [3.05, 3.63) is 71.8 Å². The number of rotatable bonds is 7. The van der Waals surface area contributed by atoms with Crippen molar-refractivity contribution in [1.82, 2.24) is 0 Å². The number of ketones is 2. The molecular weight excluding hydrogens is 292 g/mol. The molecular formula is C19H16O4. The molecule has 0 saturated carbocycles. The molecule has 0 amide bonds. The van der Waals surface area contributed by atoms with Gasteiger partial charge in [-0.3, -0.25) is 9.59 Å². The molecule has 0 aliphatic carbocycles. The predicted octanol–water partition coefficient (Wildman–Crippen LogP) is 2.77. The van der Waals surface area contributed by atoms with Crippen LogP contribution in [0.5, 0.6) is 0 Å². The zero-order valence-electron chi connectivity index (χ0n) is 12.6. The predicted molar refractivity (Wildman–Crippen MR) is 85.3 cm³/mol. The number of hydrogen-bond acceptors (Lipinski definition) is 4. The molecule has 0 radical (unpaired) electrons. The van der Waals surface area contributed by atoms with Crippen LogP contribution in [0.15, 0.2) is 60.7 Å². The molecule has 0 aliphatic rings. The fraction of sp³-hybridized carbons (Fsp3) is 0.158. The van der Waals surface area contributed by atoms with Crippen LogP contribution < -0.4 is 0 Å². The molecule has 0 aromatic heterocycles. The molecule has 2 aromatic carbocycles. The molecule has 2 rings (SSSR count). The van der Waals surface area contributed by atoms with Gasteiger partial charge in [-0.25, -0.2) is 0 Å². The quantitative estimate of drug-likeness (QED) is 0.448. The van der Waals surface area contributed by atoms with Gasteiger partial charge in [-0.05, 0) is 6.92 Å². The van der Waals surface area contributed by atoms with Gasteiger partial charge in [-0.1, -0.05) is 60.7 Å². The van der Waals surface area contributed by atoms with Crippen LogP contribution >= 0.6 is 0 Å². The number of aldehydes is 2.